The number of rotatable bonds is 2. The summed E-state index contributed by atoms with van der Waals surface area (Å²) in [6.07, 6.45) is 0. The molecule has 1 fully saturated rings. The molecule has 1 aromatic carbocycles. The van der Waals surface area contributed by atoms with Crippen molar-refractivity contribution in [3.8, 4) is 0 Å². The summed E-state index contributed by atoms with van der Waals surface area (Å²) < 4.78 is 0. The monoisotopic (exact) mass is 346 g/mol. The summed E-state index contributed by atoms with van der Waals surface area (Å²) in [6.45, 7) is 6.49. The van der Waals surface area contributed by atoms with E-state index in [9.17, 15) is 14.9 Å². The molecule has 0 unspecified atom stereocenters. The standard InChI is InChI=1S/C16H18N4O3S/c1-11(2)14-15(21)17-16(24-14)19-9-7-18(8-10-19)12-5-3-4-6-13(12)20(22)23/h3-6H,7-10H2,1-2H3. The molecule has 2 aliphatic rings. The number of thioether (sulfide) groups is 1. The molecular formula is C16H18N4O3S. The van der Waals surface area contributed by atoms with Gasteiger partial charge in [0.2, 0.25) is 0 Å². The van der Waals surface area contributed by atoms with E-state index in [0.29, 0.717) is 36.8 Å². The van der Waals surface area contributed by atoms with E-state index < -0.39 is 0 Å². The number of piperazine rings is 1. The minimum atomic E-state index is -0.349. The molecule has 0 radical (unpaired) electrons. The number of amides is 1. The summed E-state index contributed by atoms with van der Waals surface area (Å²) in [5, 5.41) is 11.9. The summed E-state index contributed by atoms with van der Waals surface area (Å²) in [5.74, 6) is -0.170. The molecular weight excluding hydrogens is 328 g/mol. The van der Waals surface area contributed by atoms with Gasteiger partial charge in [-0.1, -0.05) is 17.7 Å². The average molecular weight is 346 g/mol. The van der Waals surface area contributed by atoms with Gasteiger partial charge in [-0.2, -0.15) is 4.99 Å². The van der Waals surface area contributed by atoms with Crippen LogP contribution in [0, 0.1) is 10.1 Å². The van der Waals surface area contributed by atoms with Gasteiger partial charge in [-0.25, -0.2) is 0 Å². The number of benzene rings is 1. The molecule has 0 atom stereocenters. The van der Waals surface area contributed by atoms with Gasteiger partial charge >= 0.3 is 0 Å². The summed E-state index contributed by atoms with van der Waals surface area (Å²) in [4.78, 5) is 31.7. The summed E-state index contributed by atoms with van der Waals surface area (Å²) >= 11 is 1.42. The van der Waals surface area contributed by atoms with E-state index in [1.807, 2.05) is 24.8 Å². The molecule has 24 heavy (non-hydrogen) atoms. The van der Waals surface area contributed by atoms with Crippen molar-refractivity contribution in [1.29, 1.82) is 0 Å². The second-order valence-corrected chi connectivity index (χ2v) is 6.83. The maximum absolute atomic E-state index is 11.9. The fraction of sp³-hybridized carbons (Fsp3) is 0.375. The Balaban J connectivity index is 1.70. The van der Waals surface area contributed by atoms with Gasteiger partial charge in [0, 0.05) is 32.2 Å². The van der Waals surface area contributed by atoms with Crippen molar-refractivity contribution in [3.05, 3.63) is 44.9 Å². The number of nitro benzene ring substituents is 1. The highest BCUT2D eigenvalue weighted by atomic mass is 32.2. The van der Waals surface area contributed by atoms with Crippen LogP contribution in [-0.4, -0.2) is 47.1 Å². The number of para-hydroxylation sites is 2. The van der Waals surface area contributed by atoms with Crippen LogP contribution < -0.4 is 4.90 Å². The fourth-order valence-corrected chi connectivity index (χ4v) is 3.73. The fourth-order valence-electron chi connectivity index (χ4n) is 2.77. The molecule has 1 amide bonds. The number of amidine groups is 1. The summed E-state index contributed by atoms with van der Waals surface area (Å²) in [7, 11) is 0. The highest BCUT2D eigenvalue weighted by Gasteiger charge is 2.30. The van der Waals surface area contributed by atoms with E-state index in [-0.39, 0.29) is 16.5 Å². The first-order chi connectivity index (χ1) is 11.5. The number of hydrogen-bond donors (Lipinski definition) is 0. The predicted octanol–water partition coefficient (Wildman–Crippen LogP) is 2.64. The van der Waals surface area contributed by atoms with Crippen molar-refractivity contribution in [2.45, 2.75) is 13.8 Å². The van der Waals surface area contributed by atoms with Crippen molar-refractivity contribution >= 4 is 34.2 Å². The zero-order valence-corrected chi connectivity index (χ0v) is 14.4. The maximum atomic E-state index is 11.9. The quantitative estimate of drug-likeness (QED) is 0.465. The molecule has 8 heteroatoms. The topological polar surface area (TPSA) is 79.1 Å². The summed E-state index contributed by atoms with van der Waals surface area (Å²) in [5.41, 5.74) is 1.74. The number of anilines is 1. The Labute approximate surface area is 144 Å². The van der Waals surface area contributed by atoms with Crippen molar-refractivity contribution in [1.82, 2.24) is 4.90 Å². The second kappa shape index (κ2) is 6.64. The molecule has 0 saturated carbocycles. The molecule has 0 bridgehead atoms. The first-order valence-electron chi connectivity index (χ1n) is 7.69. The molecule has 0 aliphatic carbocycles. The Morgan fingerprint density at radius 2 is 1.79 bits per heavy atom. The van der Waals surface area contributed by atoms with Gasteiger partial charge in [-0.05, 0) is 31.7 Å². The van der Waals surface area contributed by atoms with Gasteiger partial charge in [0.05, 0.1) is 9.83 Å². The molecule has 7 nitrogen and oxygen atoms in total. The Hall–Kier alpha value is -2.35. The minimum Gasteiger partial charge on any atom is -0.362 e. The van der Waals surface area contributed by atoms with E-state index in [1.54, 1.807) is 12.1 Å². The number of carbonyl (C=O) groups is 1. The highest BCUT2D eigenvalue weighted by Crippen LogP contribution is 2.32. The Bertz CT molecular complexity index is 747. The van der Waals surface area contributed by atoms with E-state index in [4.69, 9.17) is 0 Å². The van der Waals surface area contributed by atoms with Crippen LogP contribution in [0.25, 0.3) is 0 Å². The van der Waals surface area contributed by atoms with Crippen molar-refractivity contribution in [3.63, 3.8) is 0 Å². The number of nitrogens with zero attached hydrogens (tertiary/aromatic N) is 4. The van der Waals surface area contributed by atoms with Gasteiger partial charge in [-0.3, -0.25) is 14.9 Å². The number of carbonyl (C=O) groups excluding carboxylic acids is 1. The first kappa shape index (κ1) is 16.5. The van der Waals surface area contributed by atoms with E-state index in [2.05, 4.69) is 9.89 Å². The van der Waals surface area contributed by atoms with Gasteiger partial charge in [0.25, 0.3) is 11.6 Å². The van der Waals surface area contributed by atoms with E-state index in [1.165, 1.54) is 17.8 Å². The molecule has 1 saturated heterocycles. The third-order valence-corrected chi connectivity index (χ3v) is 5.33. The molecule has 3 rings (SSSR count). The van der Waals surface area contributed by atoms with Crippen LogP contribution in [0.4, 0.5) is 11.4 Å². The lowest BCUT2D eigenvalue weighted by atomic mass is 10.2. The smallest absolute Gasteiger partial charge is 0.292 e. The molecule has 0 N–H and O–H groups in total. The van der Waals surface area contributed by atoms with Crippen LogP contribution in [0.5, 0.6) is 0 Å². The van der Waals surface area contributed by atoms with Crippen LogP contribution >= 0.6 is 11.8 Å². The van der Waals surface area contributed by atoms with Crippen molar-refractivity contribution in [2.75, 3.05) is 31.1 Å². The van der Waals surface area contributed by atoms with E-state index >= 15 is 0 Å². The number of aliphatic imine (C=N–C) groups is 1. The molecule has 0 spiro atoms. The highest BCUT2D eigenvalue weighted by molar-refractivity contribution is 8.18. The Morgan fingerprint density at radius 1 is 1.17 bits per heavy atom. The third-order valence-electron chi connectivity index (χ3n) is 4.01. The van der Waals surface area contributed by atoms with Gasteiger partial charge in [0.15, 0.2) is 5.17 Å². The zero-order valence-electron chi connectivity index (χ0n) is 13.6. The molecule has 2 heterocycles. The van der Waals surface area contributed by atoms with Crippen LogP contribution in [0.1, 0.15) is 13.8 Å². The van der Waals surface area contributed by atoms with Gasteiger partial charge < -0.3 is 9.80 Å². The van der Waals surface area contributed by atoms with E-state index in [0.717, 1.165) is 10.7 Å². The molecule has 0 aromatic heterocycles. The van der Waals surface area contributed by atoms with Crippen LogP contribution in [0.15, 0.2) is 39.7 Å². The van der Waals surface area contributed by atoms with Crippen molar-refractivity contribution in [2.24, 2.45) is 4.99 Å². The lowest BCUT2D eigenvalue weighted by Gasteiger charge is -2.36. The Morgan fingerprint density at radius 3 is 2.38 bits per heavy atom. The lowest BCUT2D eigenvalue weighted by Crippen LogP contribution is -2.48. The first-order valence-corrected chi connectivity index (χ1v) is 8.50. The normalized spacial score (nSPS) is 18.0. The Kier molecular flexibility index (Phi) is 4.57. The number of nitro groups is 1. The summed E-state index contributed by atoms with van der Waals surface area (Å²) in [6, 6.07) is 6.79. The number of hydrogen-bond acceptors (Lipinski definition) is 6. The van der Waals surface area contributed by atoms with Crippen molar-refractivity contribution < 1.29 is 9.72 Å². The minimum absolute atomic E-state index is 0.125. The SMILES string of the molecule is CC(C)=C1SC(N2CCN(c3ccccc3[N+](=O)[O-])CC2)=NC1=O. The van der Waals surface area contributed by atoms with Crippen LogP contribution in [0.3, 0.4) is 0 Å². The van der Waals surface area contributed by atoms with Gasteiger partial charge in [-0.15, -0.1) is 0 Å². The predicted molar refractivity (Wildman–Crippen MR) is 95.3 cm³/mol. The molecule has 126 valence electrons. The largest absolute Gasteiger partial charge is 0.362 e. The third kappa shape index (κ3) is 3.14. The van der Waals surface area contributed by atoms with Crippen LogP contribution in [0.2, 0.25) is 0 Å². The van der Waals surface area contributed by atoms with Gasteiger partial charge in [0.1, 0.15) is 5.69 Å². The number of allylic oxidation sites excluding steroid dienone is 1. The second-order valence-electron chi connectivity index (χ2n) is 5.85. The average Bonchev–Trinajstić information content (AvgIpc) is 2.97. The molecule has 1 aromatic rings. The lowest BCUT2D eigenvalue weighted by molar-refractivity contribution is -0.384. The maximum Gasteiger partial charge on any atom is 0.292 e. The molecule has 2 aliphatic heterocycles. The van der Waals surface area contributed by atoms with Crippen LogP contribution in [-0.2, 0) is 4.79 Å². The zero-order chi connectivity index (χ0) is 17.3.